The Bertz CT molecular complexity index is 565. The fourth-order valence-corrected chi connectivity index (χ4v) is 3.03. The summed E-state index contributed by atoms with van der Waals surface area (Å²) in [5.74, 6) is 0.916. The van der Waals surface area contributed by atoms with Gasteiger partial charge in [0.25, 0.3) is 0 Å². The van der Waals surface area contributed by atoms with E-state index in [9.17, 15) is 4.79 Å². The number of hydrogen-bond donors (Lipinski definition) is 0. The van der Waals surface area contributed by atoms with Crippen LogP contribution in [0.15, 0.2) is 60.8 Å². The van der Waals surface area contributed by atoms with Crippen molar-refractivity contribution in [2.24, 2.45) is 5.92 Å². The van der Waals surface area contributed by atoms with Crippen LogP contribution in [0.2, 0.25) is 0 Å². The van der Waals surface area contributed by atoms with Gasteiger partial charge in [-0.2, -0.15) is 0 Å². The van der Waals surface area contributed by atoms with Crippen LogP contribution in [0.4, 0.5) is 0 Å². The maximum Gasteiger partial charge on any atom is 0.133 e. The lowest BCUT2D eigenvalue weighted by Crippen LogP contribution is -2.03. The molecule has 1 rings (SSSR count). The number of ether oxygens (including phenoxy) is 1. The van der Waals surface area contributed by atoms with Crippen molar-refractivity contribution in [1.29, 1.82) is 0 Å². The third-order valence-corrected chi connectivity index (χ3v) is 5.17. The maximum absolute atomic E-state index is 11.8. The van der Waals surface area contributed by atoms with Gasteiger partial charge in [0.2, 0.25) is 0 Å². The summed E-state index contributed by atoms with van der Waals surface area (Å²) in [4.78, 5) is 11.8. The van der Waals surface area contributed by atoms with Crippen LogP contribution in [0.5, 0.6) is 0 Å². The molecule has 0 spiro atoms. The third-order valence-electron chi connectivity index (χ3n) is 5.17. The van der Waals surface area contributed by atoms with E-state index in [0.717, 1.165) is 57.8 Å². The third kappa shape index (κ3) is 14.9. The van der Waals surface area contributed by atoms with Gasteiger partial charge in [-0.3, -0.25) is 4.79 Å². The molecule has 0 saturated carbocycles. The molecule has 2 nitrogen and oxygen atoms in total. The first-order valence-electron chi connectivity index (χ1n) is 11.6. The molecule has 0 radical (unpaired) electrons. The Hall–Kier alpha value is -1.67. The molecule has 29 heavy (non-hydrogen) atoms. The Balaban J connectivity index is 1.98. The van der Waals surface area contributed by atoms with Crippen LogP contribution in [0.25, 0.3) is 0 Å². The van der Waals surface area contributed by atoms with Crippen LogP contribution < -0.4 is 0 Å². The first kappa shape index (κ1) is 25.4. The standard InChI is InChI=1S/C27H42O2/c1-4-6-7-8-9-10-11-15-18-21-26-27(29-26)22-19-16-13-12-14-17-20-25(28)23-24(3)5-2/h6-7,9-10,12,14-16,18-19,24,26-27H,4-5,8,11,13,17,20-23H2,1-3H3/b7-6-,10-9-,14-12-,18-15-,19-16-. The Morgan fingerprint density at radius 1 is 0.793 bits per heavy atom. The highest BCUT2D eigenvalue weighted by molar-refractivity contribution is 5.78. The molecule has 1 saturated heterocycles. The van der Waals surface area contributed by atoms with Crippen molar-refractivity contribution < 1.29 is 9.53 Å². The maximum atomic E-state index is 11.8. The van der Waals surface area contributed by atoms with Crippen LogP contribution in [-0.2, 0) is 9.53 Å². The normalized spacial score (nSPS) is 20.8. The van der Waals surface area contributed by atoms with E-state index in [2.05, 4.69) is 81.5 Å². The summed E-state index contributed by atoms with van der Waals surface area (Å²) in [6, 6.07) is 0. The summed E-state index contributed by atoms with van der Waals surface area (Å²) in [6.07, 6.45) is 32.3. The summed E-state index contributed by atoms with van der Waals surface area (Å²) in [6.45, 7) is 6.45. The number of Topliss-reactive ketones (excluding diaryl/α,β-unsaturated/α-hetero) is 1. The minimum Gasteiger partial charge on any atom is -0.369 e. The van der Waals surface area contributed by atoms with Crippen molar-refractivity contribution in [2.75, 3.05) is 0 Å². The number of carbonyl (C=O) groups excluding carboxylic acids is 1. The van der Waals surface area contributed by atoms with Gasteiger partial charge in [-0.1, -0.05) is 88.0 Å². The van der Waals surface area contributed by atoms with Crippen LogP contribution in [0.3, 0.4) is 0 Å². The number of allylic oxidation sites excluding steroid dienone is 8. The van der Waals surface area contributed by atoms with Gasteiger partial charge < -0.3 is 4.74 Å². The van der Waals surface area contributed by atoms with Crippen LogP contribution in [-0.4, -0.2) is 18.0 Å². The largest absolute Gasteiger partial charge is 0.369 e. The van der Waals surface area contributed by atoms with Gasteiger partial charge in [-0.25, -0.2) is 0 Å². The van der Waals surface area contributed by atoms with Crippen molar-refractivity contribution in [3.63, 3.8) is 0 Å². The predicted molar refractivity (Wildman–Crippen MR) is 126 cm³/mol. The molecule has 0 amide bonds. The average Bonchev–Trinajstić information content (AvgIpc) is 3.46. The van der Waals surface area contributed by atoms with Gasteiger partial charge in [0.05, 0.1) is 12.2 Å². The lowest BCUT2D eigenvalue weighted by atomic mass is 10.00. The van der Waals surface area contributed by atoms with Gasteiger partial charge >= 0.3 is 0 Å². The predicted octanol–water partition coefficient (Wildman–Crippen LogP) is 7.68. The summed E-state index contributed by atoms with van der Waals surface area (Å²) in [5.41, 5.74) is 0. The molecule has 0 aromatic rings. The molecule has 1 heterocycles. The fraction of sp³-hybridized carbons (Fsp3) is 0.593. The summed E-state index contributed by atoms with van der Waals surface area (Å²) < 4.78 is 5.72. The Morgan fingerprint density at radius 3 is 1.86 bits per heavy atom. The van der Waals surface area contributed by atoms with Crippen LogP contribution in [0, 0.1) is 5.92 Å². The molecular weight excluding hydrogens is 356 g/mol. The topological polar surface area (TPSA) is 29.6 Å². The fourth-order valence-electron chi connectivity index (χ4n) is 3.03. The van der Waals surface area contributed by atoms with Gasteiger partial charge in [0.15, 0.2) is 0 Å². The van der Waals surface area contributed by atoms with E-state index in [1.54, 1.807) is 0 Å². The van der Waals surface area contributed by atoms with Crippen molar-refractivity contribution in [2.45, 2.75) is 97.2 Å². The zero-order valence-corrected chi connectivity index (χ0v) is 18.9. The number of epoxide rings is 1. The highest BCUT2D eigenvalue weighted by Crippen LogP contribution is 2.29. The van der Waals surface area contributed by atoms with Crippen molar-refractivity contribution >= 4 is 5.78 Å². The molecule has 2 heteroatoms. The van der Waals surface area contributed by atoms with E-state index < -0.39 is 0 Å². The number of hydrogen-bond acceptors (Lipinski definition) is 2. The van der Waals surface area contributed by atoms with E-state index in [0.29, 0.717) is 30.3 Å². The van der Waals surface area contributed by atoms with Crippen LogP contribution >= 0.6 is 0 Å². The Kier molecular flexibility index (Phi) is 15.1. The molecule has 3 atom stereocenters. The van der Waals surface area contributed by atoms with Gasteiger partial charge in [0, 0.05) is 12.8 Å². The Labute approximate surface area is 179 Å². The van der Waals surface area contributed by atoms with Crippen molar-refractivity contribution in [3.8, 4) is 0 Å². The van der Waals surface area contributed by atoms with Gasteiger partial charge in [-0.05, 0) is 50.9 Å². The molecule has 0 N–H and O–H groups in total. The second-order valence-electron chi connectivity index (χ2n) is 7.95. The van der Waals surface area contributed by atoms with E-state index >= 15 is 0 Å². The smallest absolute Gasteiger partial charge is 0.133 e. The molecule has 1 aliphatic rings. The van der Waals surface area contributed by atoms with Crippen molar-refractivity contribution in [1.82, 2.24) is 0 Å². The molecule has 1 aliphatic heterocycles. The zero-order chi connectivity index (χ0) is 21.2. The molecule has 0 aromatic heterocycles. The number of ketones is 1. The molecule has 0 aromatic carbocycles. The lowest BCUT2D eigenvalue weighted by molar-refractivity contribution is -0.119. The lowest BCUT2D eigenvalue weighted by Gasteiger charge is -2.05. The first-order valence-corrected chi connectivity index (χ1v) is 11.6. The number of rotatable bonds is 17. The van der Waals surface area contributed by atoms with Crippen LogP contribution in [0.1, 0.15) is 85.0 Å². The monoisotopic (exact) mass is 398 g/mol. The minimum absolute atomic E-state index is 0.394. The summed E-state index contributed by atoms with van der Waals surface area (Å²) in [5, 5.41) is 0. The second-order valence-corrected chi connectivity index (χ2v) is 7.95. The summed E-state index contributed by atoms with van der Waals surface area (Å²) in [7, 11) is 0. The molecule has 162 valence electrons. The van der Waals surface area contributed by atoms with Gasteiger partial charge in [-0.15, -0.1) is 0 Å². The minimum atomic E-state index is 0.394. The highest BCUT2D eigenvalue weighted by Gasteiger charge is 2.35. The van der Waals surface area contributed by atoms with E-state index in [-0.39, 0.29) is 0 Å². The highest BCUT2D eigenvalue weighted by atomic mass is 16.6. The van der Waals surface area contributed by atoms with E-state index in [1.165, 1.54) is 0 Å². The van der Waals surface area contributed by atoms with E-state index in [1.807, 2.05) is 0 Å². The SMILES string of the molecule is CC/C=C\C/C=C\C/C=C\CC1OC1C/C=C\C/C=C\CCC(=O)CC(C)CC. The van der Waals surface area contributed by atoms with Crippen molar-refractivity contribution in [3.05, 3.63) is 60.8 Å². The average molecular weight is 399 g/mol. The molecular formula is C27H42O2. The Morgan fingerprint density at radius 2 is 1.31 bits per heavy atom. The van der Waals surface area contributed by atoms with E-state index in [4.69, 9.17) is 4.74 Å². The number of carbonyl (C=O) groups is 1. The molecule has 0 aliphatic carbocycles. The second kappa shape index (κ2) is 17.2. The van der Waals surface area contributed by atoms with Gasteiger partial charge in [0.1, 0.15) is 5.78 Å². The summed E-state index contributed by atoms with van der Waals surface area (Å²) >= 11 is 0. The first-order chi connectivity index (χ1) is 14.2. The quantitative estimate of drug-likeness (QED) is 0.186. The molecule has 3 unspecified atom stereocenters. The molecule has 1 fully saturated rings. The molecule has 0 bridgehead atoms. The zero-order valence-electron chi connectivity index (χ0n) is 18.9.